The summed E-state index contributed by atoms with van der Waals surface area (Å²) in [6, 6.07) is 0. The molecule has 0 heterocycles. The molecule has 0 spiro atoms. The van der Waals surface area contributed by atoms with Crippen LogP contribution in [-0.4, -0.2) is 96.7 Å². The van der Waals surface area contributed by atoms with Crippen molar-refractivity contribution in [2.45, 2.75) is 452 Å². The van der Waals surface area contributed by atoms with Crippen LogP contribution in [0.15, 0.2) is 0 Å². The Hall–Kier alpha value is -1.94. The van der Waals surface area contributed by atoms with E-state index in [1.165, 1.54) is 244 Å². The summed E-state index contributed by atoms with van der Waals surface area (Å²) in [7, 11) is -9.91. The van der Waals surface area contributed by atoms with Crippen LogP contribution in [0.2, 0.25) is 0 Å². The fraction of sp³-hybridized carbons (Fsp3) is 0.951. The number of aliphatic hydroxyl groups is 1. The summed E-state index contributed by atoms with van der Waals surface area (Å²) >= 11 is 0. The van der Waals surface area contributed by atoms with Crippen molar-refractivity contribution in [3.63, 3.8) is 0 Å². The van der Waals surface area contributed by atoms with E-state index in [0.29, 0.717) is 25.7 Å². The SMILES string of the molecule is CCCCCCCCCCCCCCCCCCCCCCCC(=O)OC[C@H](COP(=O)(O)OC[C@@H](O)COP(=O)(O)OC[C@@H](COC(=O)CCCCCCC)OC(=O)CCCCCCCCCCCCCC(C)C)OC(=O)CCCCCCCCCCCCCCCCCCCCC(C)C. The fourth-order valence-electron chi connectivity index (χ4n) is 12.7. The molecule has 0 saturated heterocycles. The first-order valence-electron chi connectivity index (χ1n) is 42.5. The first-order valence-corrected chi connectivity index (χ1v) is 45.5. The fourth-order valence-corrected chi connectivity index (χ4v) is 14.3. The molecule has 0 aliphatic rings. The molecule has 0 fully saturated rings. The van der Waals surface area contributed by atoms with E-state index < -0.39 is 97.5 Å². The number of hydrogen-bond acceptors (Lipinski definition) is 15. The lowest BCUT2D eigenvalue weighted by Crippen LogP contribution is -2.30. The number of unbranched alkanes of at least 4 members (excludes halogenated alkanes) is 51. The molecule has 0 bridgehead atoms. The highest BCUT2D eigenvalue weighted by atomic mass is 31.2. The Labute approximate surface area is 619 Å². The second kappa shape index (κ2) is 73.6. The third kappa shape index (κ3) is 76.1. The molecular formula is C82H160O17P2. The largest absolute Gasteiger partial charge is 0.472 e. The maximum Gasteiger partial charge on any atom is 0.472 e. The van der Waals surface area contributed by atoms with Crippen molar-refractivity contribution in [2.24, 2.45) is 11.8 Å². The summed E-state index contributed by atoms with van der Waals surface area (Å²) in [5, 5.41) is 10.6. The van der Waals surface area contributed by atoms with E-state index >= 15 is 0 Å². The summed E-state index contributed by atoms with van der Waals surface area (Å²) in [5.74, 6) is -0.535. The van der Waals surface area contributed by atoms with Crippen molar-refractivity contribution >= 4 is 39.5 Å². The molecule has 600 valence electrons. The molecule has 0 aromatic heterocycles. The van der Waals surface area contributed by atoms with E-state index in [1.54, 1.807) is 0 Å². The topological polar surface area (TPSA) is 237 Å². The van der Waals surface area contributed by atoms with Crippen LogP contribution in [-0.2, 0) is 65.4 Å². The van der Waals surface area contributed by atoms with Gasteiger partial charge in [0.1, 0.15) is 19.3 Å². The first-order chi connectivity index (χ1) is 48.9. The average Bonchev–Trinajstić information content (AvgIpc) is 0.930. The van der Waals surface area contributed by atoms with Crippen LogP contribution in [0.1, 0.15) is 433 Å². The molecule has 101 heavy (non-hydrogen) atoms. The van der Waals surface area contributed by atoms with Crippen molar-refractivity contribution in [3.8, 4) is 0 Å². The number of carbonyl (C=O) groups excluding carboxylic acids is 4. The molecule has 2 unspecified atom stereocenters. The lowest BCUT2D eigenvalue weighted by atomic mass is 10.0. The summed E-state index contributed by atoms with van der Waals surface area (Å²) in [5.41, 5.74) is 0. The second-order valence-electron chi connectivity index (χ2n) is 30.5. The first kappa shape index (κ1) is 99.1. The van der Waals surface area contributed by atoms with Gasteiger partial charge in [-0.3, -0.25) is 37.3 Å². The van der Waals surface area contributed by atoms with Crippen molar-refractivity contribution < 1.29 is 80.2 Å². The summed E-state index contributed by atoms with van der Waals surface area (Å²) in [6.07, 6.45) is 64.5. The molecule has 5 atom stereocenters. The van der Waals surface area contributed by atoms with Crippen LogP contribution in [0, 0.1) is 11.8 Å². The smallest absolute Gasteiger partial charge is 0.462 e. The highest BCUT2D eigenvalue weighted by molar-refractivity contribution is 7.47. The van der Waals surface area contributed by atoms with Crippen molar-refractivity contribution in [1.82, 2.24) is 0 Å². The Morgan fingerprint density at radius 3 is 0.673 bits per heavy atom. The standard InChI is InChI=1S/C82H160O17P2/c1-7-9-11-13-14-15-16-17-18-19-20-21-22-26-29-32-37-42-47-53-59-65-80(85)93-71-78(99-82(87)66-60-54-48-43-38-33-30-27-24-23-25-28-31-35-40-45-51-56-62-74(3)4)73-97-101(90,91)95-69-76(83)68-94-100(88,89)96-72-77(70-92-79(84)64-58-50-12-10-8-2)98-81(86)67-61-55-49-44-39-34-36-41-46-52-57-63-75(5)6/h74-78,83H,7-73H2,1-6H3,(H,88,89)(H,90,91)/t76-,77+,78+/m0/s1. The molecule has 0 aliphatic carbocycles. The molecular weight excluding hydrogens is 1320 g/mol. The molecule has 0 saturated carbocycles. The number of ether oxygens (including phenoxy) is 4. The molecule has 17 nitrogen and oxygen atoms in total. The van der Waals surface area contributed by atoms with E-state index in [1.807, 2.05) is 0 Å². The number of phosphoric ester groups is 2. The van der Waals surface area contributed by atoms with E-state index in [0.717, 1.165) is 108 Å². The van der Waals surface area contributed by atoms with Gasteiger partial charge in [-0.1, -0.05) is 382 Å². The van der Waals surface area contributed by atoms with Gasteiger partial charge < -0.3 is 33.8 Å². The highest BCUT2D eigenvalue weighted by Crippen LogP contribution is 2.45. The molecule has 19 heteroatoms. The van der Waals surface area contributed by atoms with Gasteiger partial charge in [-0.25, -0.2) is 9.13 Å². The molecule has 0 aliphatic heterocycles. The minimum Gasteiger partial charge on any atom is -0.462 e. The summed E-state index contributed by atoms with van der Waals surface area (Å²) < 4.78 is 68.5. The Kier molecular flexibility index (Phi) is 72.2. The Morgan fingerprint density at radius 1 is 0.267 bits per heavy atom. The van der Waals surface area contributed by atoms with Gasteiger partial charge in [-0.15, -0.1) is 0 Å². The van der Waals surface area contributed by atoms with Crippen LogP contribution in [0.25, 0.3) is 0 Å². The summed E-state index contributed by atoms with van der Waals surface area (Å²) in [6.45, 7) is 9.58. The van der Waals surface area contributed by atoms with Crippen LogP contribution in [0.3, 0.4) is 0 Å². The van der Waals surface area contributed by atoms with Crippen molar-refractivity contribution in [3.05, 3.63) is 0 Å². The van der Waals surface area contributed by atoms with Gasteiger partial charge in [0.05, 0.1) is 26.4 Å². The van der Waals surface area contributed by atoms with Gasteiger partial charge in [0.15, 0.2) is 12.2 Å². The highest BCUT2D eigenvalue weighted by Gasteiger charge is 2.30. The van der Waals surface area contributed by atoms with Gasteiger partial charge in [0.25, 0.3) is 0 Å². The Morgan fingerprint density at radius 2 is 0.455 bits per heavy atom. The quantitative estimate of drug-likeness (QED) is 0.0222. The predicted octanol–water partition coefficient (Wildman–Crippen LogP) is 24.7. The van der Waals surface area contributed by atoms with Crippen LogP contribution in [0.4, 0.5) is 0 Å². The molecule has 0 amide bonds. The lowest BCUT2D eigenvalue weighted by Gasteiger charge is -2.21. The van der Waals surface area contributed by atoms with Crippen LogP contribution in [0.5, 0.6) is 0 Å². The normalized spacial score (nSPS) is 13.9. The minimum absolute atomic E-state index is 0.106. The van der Waals surface area contributed by atoms with E-state index in [-0.39, 0.29) is 25.7 Å². The zero-order valence-electron chi connectivity index (χ0n) is 66.2. The summed E-state index contributed by atoms with van der Waals surface area (Å²) in [4.78, 5) is 72.7. The lowest BCUT2D eigenvalue weighted by molar-refractivity contribution is -0.161. The van der Waals surface area contributed by atoms with Crippen molar-refractivity contribution in [1.29, 1.82) is 0 Å². The number of carbonyl (C=O) groups is 4. The number of esters is 4. The van der Waals surface area contributed by atoms with E-state index in [4.69, 9.17) is 37.0 Å². The van der Waals surface area contributed by atoms with Gasteiger partial charge in [0.2, 0.25) is 0 Å². The molecule has 0 aromatic rings. The minimum atomic E-state index is -4.96. The maximum absolute atomic E-state index is 13.1. The molecule has 0 radical (unpaired) electrons. The predicted molar refractivity (Wildman–Crippen MR) is 414 cm³/mol. The van der Waals surface area contributed by atoms with Crippen LogP contribution < -0.4 is 0 Å². The number of aliphatic hydroxyl groups excluding tert-OH is 1. The third-order valence-corrected chi connectivity index (χ3v) is 21.1. The van der Waals surface area contributed by atoms with Gasteiger partial charge in [-0.05, 0) is 37.5 Å². The zero-order valence-corrected chi connectivity index (χ0v) is 68.0. The van der Waals surface area contributed by atoms with Gasteiger partial charge in [-0.2, -0.15) is 0 Å². The Balaban J connectivity index is 5.11. The Bertz CT molecular complexity index is 1940. The average molecular weight is 1480 g/mol. The maximum atomic E-state index is 13.1. The number of phosphoric acid groups is 2. The molecule has 3 N–H and O–H groups in total. The van der Waals surface area contributed by atoms with Gasteiger partial charge in [0, 0.05) is 25.7 Å². The van der Waals surface area contributed by atoms with Gasteiger partial charge >= 0.3 is 39.5 Å². The third-order valence-electron chi connectivity index (χ3n) is 19.2. The molecule has 0 aromatic carbocycles. The monoisotopic (exact) mass is 1480 g/mol. The number of rotatable bonds is 81. The molecule has 0 rings (SSSR count). The van der Waals surface area contributed by atoms with Crippen LogP contribution >= 0.6 is 15.6 Å². The van der Waals surface area contributed by atoms with E-state index in [9.17, 15) is 43.2 Å². The number of hydrogen-bond donors (Lipinski definition) is 3. The van der Waals surface area contributed by atoms with Crippen molar-refractivity contribution in [2.75, 3.05) is 39.6 Å². The second-order valence-corrected chi connectivity index (χ2v) is 33.4. The van der Waals surface area contributed by atoms with E-state index in [2.05, 4.69) is 41.5 Å². The zero-order chi connectivity index (χ0) is 74.2.